The van der Waals surface area contributed by atoms with Crippen LogP contribution in [0.15, 0.2) is 53.8 Å². The highest BCUT2D eigenvalue weighted by Crippen LogP contribution is 2.16. The Kier molecular flexibility index (Phi) is 6.19. The van der Waals surface area contributed by atoms with E-state index in [0.29, 0.717) is 19.4 Å². The Bertz CT molecular complexity index is 745. The Labute approximate surface area is 153 Å². The van der Waals surface area contributed by atoms with Gasteiger partial charge in [-0.25, -0.2) is 0 Å². The van der Waals surface area contributed by atoms with E-state index in [1.165, 1.54) is 0 Å². The van der Waals surface area contributed by atoms with Gasteiger partial charge >= 0.3 is 0 Å². The molecule has 1 unspecified atom stereocenters. The Morgan fingerprint density at radius 3 is 2.85 bits per heavy atom. The molecule has 26 heavy (non-hydrogen) atoms. The molecule has 0 radical (unpaired) electrons. The zero-order valence-corrected chi connectivity index (χ0v) is 14.9. The van der Waals surface area contributed by atoms with Gasteiger partial charge in [-0.15, -0.1) is 0 Å². The predicted octanol–water partition coefficient (Wildman–Crippen LogP) is 2.53. The van der Waals surface area contributed by atoms with Crippen LogP contribution >= 0.6 is 0 Å². The van der Waals surface area contributed by atoms with Crippen LogP contribution in [0.5, 0.6) is 5.75 Å². The fourth-order valence-corrected chi connectivity index (χ4v) is 2.78. The van der Waals surface area contributed by atoms with Crippen molar-refractivity contribution in [2.45, 2.75) is 31.8 Å². The van der Waals surface area contributed by atoms with Crippen molar-refractivity contribution in [1.82, 2.24) is 10.3 Å². The smallest absolute Gasteiger partial charge is 0.220 e. The molecule has 0 saturated carbocycles. The number of carbonyl (C=O) groups excluding carboxylic acids is 1. The number of nitrogens with one attached hydrogen (secondary N) is 1. The molecule has 6 nitrogen and oxygen atoms in total. The van der Waals surface area contributed by atoms with E-state index in [-0.39, 0.29) is 12.0 Å². The van der Waals surface area contributed by atoms with Crippen LogP contribution in [0.1, 0.15) is 24.1 Å². The highest BCUT2D eigenvalue weighted by atomic mass is 16.6. The molecule has 1 aromatic heterocycles. The largest absolute Gasteiger partial charge is 0.497 e. The van der Waals surface area contributed by atoms with Crippen molar-refractivity contribution >= 4 is 11.6 Å². The summed E-state index contributed by atoms with van der Waals surface area (Å²) >= 11 is 0. The maximum absolute atomic E-state index is 12.0. The van der Waals surface area contributed by atoms with Gasteiger partial charge in [0.05, 0.1) is 19.4 Å². The van der Waals surface area contributed by atoms with Crippen molar-refractivity contribution < 1.29 is 14.4 Å². The molecule has 2 aromatic rings. The number of carbonyl (C=O) groups is 1. The second-order valence-corrected chi connectivity index (χ2v) is 6.24. The van der Waals surface area contributed by atoms with Gasteiger partial charge in [-0.1, -0.05) is 23.4 Å². The van der Waals surface area contributed by atoms with Crippen LogP contribution < -0.4 is 10.1 Å². The van der Waals surface area contributed by atoms with Crippen LogP contribution in [0.3, 0.4) is 0 Å². The molecule has 1 atom stereocenters. The van der Waals surface area contributed by atoms with Crippen LogP contribution in [0.25, 0.3) is 0 Å². The summed E-state index contributed by atoms with van der Waals surface area (Å²) in [5, 5.41) is 7.06. The van der Waals surface area contributed by atoms with Crippen LogP contribution in [0.4, 0.5) is 0 Å². The Hall–Kier alpha value is -2.89. The van der Waals surface area contributed by atoms with Crippen LogP contribution in [-0.4, -0.2) is 36.4 Å². The van der Waals surface area contributed by atoms with E-state index in [1.807, 2.05) is 42.5 Å². The van der Waals surface area contributed by atoms with Crippen LogP contribution in [0.2, 0.25) is 0 Å². The lowest BCUT2D eigenvalue weighted by molar-refractivity contribution is -0.121. The van der Waals surface area contributed by atoms with E-state index >= 15 is 0 Å². The lowest BCUT2D eigenvalue weighted by atomic mass is 10.0. The average molecular weight is 353 g/mol. The summed E-state index contributed by atoms with van der Waals surface area (Å²) in [7, 11) is 1.65. The minimum Gasteiger partial charge on any atom is -0.497 e. The summed E-state index contributed by atoms with van der Waals surface area (Å²) in [6, 6.07) is 13.6. The van der Waals surface area contributed by atoms with Crippen molar-refractivity contribution in [2.75, 3.05) is 13.7 Å². The lowest BCUT2D eigenvalue weighted by Crippen LogP contribution is -2.32. The zero-order chi connectivity index (χ0) is 18.2. The number of methoxy groups -OCH3 is 1. The number of hydrogen-bond donors (Lipinski definition) is 1. The van der Waals surface area contributed by atoms with Gasteiger partial charge in [-0.05, 0) is 36.2 Å². The first-order valence-electron chi connectivity index (χ1n) is 8.74. The molecule has 1 N–H and O–H groups in total. The molecular weight excluding hydrogens is 330 g/mol. The third-order valence-corrected chi connectivity index (χ3v) is 4.22. The van der Waals surface area contributed by atoms with E-state index in [1.54, 1.807) is 13.3 Å². The van der Waals surface area contributed by atoms with Gasteiger partial charge < -0.3 is 14.9 Å². The topological polar surface area (TPSA) is 72.8 Å². The van der Waals surface area contributed by atoms with Crippen molar-refractivity contribution in [1.29, 1.82) is 0 Å². The quantitative estimate of drug-likeness (QED) is 0.791. The summed E-state index contributed by atoms with van der Waals surface area (Å²) in [6.45, 7) is 0.469. The van der Waals surface area contributed by atoms with Crippen molar-refractivity contribution in [3.05, 3.63) is 59.9 Å². The molecule has 1 aliphatic rings. The number of nitrogens with zero attached hydrogens (tertiary/aromatic N) is 2. The number of hydrogen-bond acceptors (Lipinski definition) is 5. The highest BCUT2D eigenvalue weighted by molar-refractivity contribution is 5.87. The number of oxime groups is 1. The van der Waals surface area contributed by atoms with Gasteiger partial charge in [0, 0.05) is 31.2 Å². The molecule has 6 heteroatoms. The number of amides is 1. The molecule has 0 spiro atoms. The number of ether oxygens (including phenoxy) is 1. The van der Waals surface area contributed by atoms with Crippen molar-refractivity contribution in [3.8, 4) is 5.75 Å². The van der Waals surface area contributed by atoms with E-state index in [2.05, 4.69) is 15.5 Å². The third-order valence-electron chi connectivity index (χ3n) is 4.22. The summed E-state index contributed by atoms with van der Waals surface area (Å²) in [5.41, 5.74) is 3.07. The van der Waals surface area contributed by atoms with Gasteiger partial charge in [-0.2, -0.15) is 0 Å². The normalized spacial score (nSPS) is 15.9. The summed E-state index contributed by atoms with van der Waals surface area (Å²) in [5.74, 6) is 0.840. The molecule has 2 heterocycles. The van der Waals surface area contributed by atoms with Crippen molar-refractivity contribution in [3.63, 3.8) is 0 Å². The second kappa shape index (κ2) is 8.99. The van der Waals surface area contributed by atoms with Gasteiger partial charge in [-0.3, -0.25) is 9.78 Å². The maximum atomic E-state index is 12.0. The molecule has 136 valence electrons. The Morgan fingerprint density at radius 1 is 1.27 bits per heavy atom. The first-order chi connectivity index (χ1) is 12.7. The molecule has 1 amide bonds. The first kappa shape index (κ1) is 17.9. The number of aromatic nitrogens is 1. The van der Waals surface area contributed by atoms with Crippen molar-refractivity contribution in [2.24, 2.45) is 5.16 Å². The second-order valence-electron chi connectivity index (χ2n) is 6.24. The van der Waals surface area contributed by atoms with Crippen LogP contribution in [0, 0.1) is 0 Å². The first-order valence-corrected chi connectivity index (χ1v) is 8.74. The average Bonchev–Trinajstić information content (AvgIpc) is 3.13. The van der Waals surface area contributed by atoms with Gasteiger partial charge in [0.2, 0.25) is 5.91 Å². The fourth-order valence-electron chi connectivity index (χ4n) is 2.78. The zero-order valence-electron chi connectivity index (χ0n) is 14.9. The Balaban J connectivity index is 1.36. The molecule has 0 bridgehead atoms. The summed E-state index contributed by atoms with van der Waals surface area (Å²) < 4.78 is 5.16. The molecule has 1 aliphatic heterocycles. The van der Waals surface area contributed by atoms with Crippen LogP contribution in [-0.2, 0) is 22.5 Å². The standard InChI is InChI=1S/C20H23N3O3/c1-25-18-8-5-15(6-9-18)12-17-13-19(26-23-17)14-22-20(24)10-7-16-4-2-3-11-21-16/h2-6,8-9,11,19H,7,10,12-14H2,1H3,(H,22,24). The minimum absolute atomic E-state index is 0.00265. The van der Waals surface area contributed by atoms with E-state index in [0.717, 1.165) is 35.6 Å². The number of pyridine rings is 1. The van der Waals surface area contributed by atoms with E-state index in [4.69, 9.17) is 9.57 Å². The summed E-state index contributed by atoms with van der Waals surface area (Å²) in [6.07, 6.45) is 4.17. The number of benzene rings is 1. The highest BCUT2D eigenvalue weighted by Gasteiger charge is 2.21. The Morgan fingerprint density at radius 2 is 2.12 bits per heavy atom. The predicted molar refractivity (Wildman–Crippen MR) is 99.2 cm³/mol. The van der Waals surface area contributed by atoms with Gasteiger partial charge in [0.25, 0.3) is 0 Å². The van der Waals surface area contributed by atoms with E-state index in [9.17, 15) is 4.79 Å². The van der Waals surface area contributed by atoms with E-state index < -0.39 is 0 Å². The number of rotatable bonds is 8. The SMILES string of the molecule is COc1ccc(CC2=NOC(CNC(=O)CCc3ccccn3)C2)cc1. The molecule has 3 rings (SSSR count). The number of aryl methyl sites for hydroxylation is 1. The molecular formula is C20H23N3O3. The summed E-state index contributed by atoms with van der Waals surface area (Å²) in [4.78, 5) is 21.6. The third kappa shape index (κ3) is 5.31. The molecule has 0 saturated heterocycles. The maximum Gasteiger partial charge on any atom is 0.220 e. The molecule has 1 aromatic carbocycles. The molecule has 0 aliphatic carbocycles. The van der Waals surface area contributed by atoms with Gasteiger partial charge in [0.15, 0.2) is 0 Å². The molecule has 0 fully saturated rings. The van der Waals surface area contributed by atoms with Gasteiger partial charge in [0.1, 0.15) is 11.9 Å². The monoisotopic (exact) mass is 353 g/mol. The minimum atomic E-state index is -0.0953. The lowest BCUT2D eigenvalue weighted by Gasteiger charge is -2.10. The fraction of sp³-hybridized carbons (Fsp3) is 0.350.